The quantitative estimate of drug-likeness (QED) is 0.441. The summed E-state index contributed by atoms with van der Waals surface area (Å²) in [6.45, 7) is -1.33. The molecule has 0 saturated carbocycles. The molecule has 0 aliphatic heterocycles. The zero-order valence-electron chi connectivity index (χ0n) is 11.2. The van der Waals surface area contributed by atoms with Gasteiger partial charge < -0.3 is 20.2 Å². The zero-order chi connectivity index (χ0) is 16.9. The van der Waals surface area contributed by atoms with Crippen molar-refractivity contribution in [3.05, 3.63) is 37.9 Å². The monoisotopic (exact) mass is 315 g/mol. The Kier molecular flexibility index (Phi) is 5.72. The molecule has 0 aliphatic carbocycles. The molecule has 0 aromatic heterocycles. The van der Waals surface area contributed by atoms with Gasteiger partial charge in [0.1, 0.15) is 0 Å². The molecule has 0 aliphatic rings. The summed E-state index contributed by atoms with van der Waals surface area (Å²) in [5.74, 6) is -1.55. The lowest BCUT2D eigenvalue weighted by molar-refractivity contribution is -0.392. The van der Waals surface area contributed by atoms with Gasteiger partial charge in [-0.05, 0) is 0 Å². The predicted octanol–water partition coefficient (Wildman–Crippen LogP) is -0.00780. The number of benzene rings is 1. The van der Waals surface area contributed by atoms with Gasteiger partial charge in [0.25, 0.3) is 0 Å². The Balaban J connectivity index is 3.66. The molecular formula is C11H13N3O8. The van der Waals surface area contributed by atoms with Crippen molar-refractivity contribution in [2.75, 3.05) is 31.2 Å². The summed E-state index contributed by atoms with van der Waals surface area (Å²) in [4.78, 5) is 32.4. The predicted molar refractivity (Wildman–Crippen MR) is 73.1 cm³/mol. The van der Waals surface area contributed by atoms with E-state index in [9.17, 15) is 25.0 Å². The number of nitro groups is 2. The van der Waals surface area contributed by atoms with Gasteiger partial charge in [-0.2, -0.15) is 0 Å². The Bertz CT molecular complexity index is 562. The van der Waals surface area contributed by atoms with Crippen molar-refractivity contribution in [2.45, 2.75) is 0 Å². The molecule has 0 heterocycles. The molecule has 11 nitrogen and oxygen atoms in total. The third-order valence-electron chi connectivity index (χ3n) is 2.77. The molecule has 3 N–H and O–H groups in total. The molecule has 11 heteroatoms. The molecule has 1 rings (SSSR count). The molecule has 0 spiro atoms. The number of nitrogens with zero attached hydrogens (tertiary/aromatic N) is 3. The number of anilines is 1. The first-order chi connectivity index (χ1) is 10.3. The molecule has 1 aromatic carbocycles. The summed E-state index contributed by atoms with van der Waals surface area (Å²) in [5.41, 5.74) is -2.62. The van der Waals surface area contributed by atoms with Crippen molar-refractivity contribution in [3.63, 3.8) is 0 Å². The van der Waals surface area contributed by atoms with Gasteiger partial charge in [-0.25, -0.2) is 4.79 Å². The van der Waals surface area contributed by atoms with Crippen LogP contribution in [0.4, 0.5) is 17.1 Å². The van der Waals surface area contributed by atoms with Crippen LogP contribution in [0.25, 0.3) is 0 Å². The summed E-state index contributed by atoms with van der Waals surface area (Å²) >= 11 is 0. The van der Waals surface area contributed by atoms with Crippen LogP contribution in [0.1, 0.15) is 10.4 Å². The van der Waals surface area contributed by atoms with Crippen molar-refractivity contribution in [3.8, 4) is 0 Å². The van der Waals surface area contributed by atoms with Crippen molar-refractivity contribution in [2.24, 2.45) is 0 Å². The van der Waals surface area contributed by atoms with E-state index in [0.717, 1.165) is 4.90 Å². The third kappa shape index (κ3) is 3.65. The van der Waals surface area contributed by atoms with Crippen LogP contribution in [0.3, 0.4) is 0 Å². The number of carbonyl (C=O) groups is 1. The van der Waals surface area contributed by atoms with Crippen LogP contribution >= 0.6 is 0 Å². The summed E-state index contributed by atoms with van der Waals surface area (Å²) in [5, 5.41) is 49.1. The smallest absolute Gasteiger partial charge is 0.336 e. The van der Waals surface area contributed by atoms with Crippen molar-refractivity contribution < 1.29 is 30.0 Å². The Morgan fingerprint density at radius 1 is 1.05 bits per heavy atom. The number of hydrogen-bond acceptors (Lipinski definition) is 8. The molecule has 0 amide bonds. The van der Waals surface area contributed by atoms with E-state index in [4.69, 9.17) is 15.3 Å². The molecular weight excluding hydrogens is 302 g/mol. The largest absolute Gasteiger partial charge is 0.478 e. The molecule has 120 valence electrons. The van der Waals surface area contributed by atoms with E-state index in [0.29, 0.717) is 12.1 Å². The normalized spacial score (nSPS) is 10.3. The van der Waals surface area contributed by atoms with Gasteiger partial charge in [-0.15, -0.1) is 0 Å². The third-order valence-corrected chi connectivity index (χ3v) is 2.77. The van der Waals surface area contributed by atoms with E-state index in [1.807, 2.05) is 0 Å². The van der Waals surface area contributed by atoms with Gasteiger partial charge >= 0.3 is 17.3 Å². The van der Waals surface area contributed by atoms with Gasteiger partial charge in [-0.1, -0.05) is 0 Å². The molecule has 22 heavy (non-hydrogen) atoms. The van der Waals surface area contributed by atoms with Gasteiger partial charge in [0.2, 0.25) is 0 Å². The Hall–Kier alpha value is -2.79. The van der Waals surface area contributed by atoms with Crippen LogP contribution in [-0.2, 0) is 0 Å². The van der Waals surface area contributed by atoms with Crippen LogP contribution in [0.2, 0.25) is 0 Å². The summed E-state index contributed by atoms with van der Waals surface area (Å²) < 4.78 is 0. The fraction of sp³-hybridized carbons (Fsp3) is 0.364. The molecule has 0 unspecified atom stereocenters. The molecule has 0 saturated heterocycles. The number of carboxylic acids is 1. The van der Waals surface area contributed by atoms with Gasteiger partial charge in [0.15, 0.2) is 5.69 Å². The highest BCUT2D eigenvalue weighted by Crippen LogP contribution is 2.38. The summed E-state index contributed by atoms with van der Waals surface area (Å²) in [7, 11) is 0. The molecule has 0 atom stereocenters. The van der Waals surface area contributed by atoms with E-state index in [1.165, 1.54) is 0 Å². The first-order valence-corrected chi connectivity index (χ1v) is 6.00. The number of aliphatic hydroxyl groups excluding tert-OH is 2. The fourth-order valence-electron chi connectivity index (χ4n) is 1.91. The number of aromatic carboxylic acids is 1. The topological polar surface area (TPSA) is 167 Å². The highest BCUT2D eigenvalue weighted by atomic mass is 16.6. The number of nitro benzene ring substituents is 2. The first-order valence-electron chi connectivity index (χ1n) is 6.00. The number of hydrogen-bond donors (Lipinski definition) is 3. The molecule has 1 aromatic rings. The minimum Gasteiger partial charge on any atom is -0.478 e. The number of aliphatic hydroxyl groups is 2. The second-order valence-corrected chi connectivity index (χ2v) is 4.12. The van der Waals surface area contributed by atoms with E-state index in [-0.39, 0.29) is 13.1 Å². The highest BCUT2D eigenvalue weighted by molar-refractivity contribution is 5.92. The van der Waals surface area contributed by atoms with Crippen LogP contribution in [0, 0.1) is 20.2 Å². The summed E-state index contributed by atoms with van der Waals surface area (Å²) in [6, 6.07) is 1.40. The molecule has 0 fully saturated rings. The van der Waals surface area contributed by atoms with E-state index in [2.05, 4.69) is 0 Å². The minimum atomic E-state index is -1.55. The summed E-state index contributed by atoms with van der Waals surface area (Å²) in [6.07, 6.45) is 0. The lowest BCUT2D eigenvalue weighted by atomic mass is 10.1. The number of rotatable bonds is 8. The first kappa shape index (κ1) is 17.3. The lowest BCUT2D eigenvalue weighted by Gasteiger charge is -2.22. The zero-order valence-corrected chi connectivity index (χ0v) is 11.2. The number of carboxylic acid groups (broad SMARTS) is 1. The average Bonchev–Trinajstić information content (AvgIpc) is 2.45. The lowest BCUT2D eigenvalue weighted by Crippen LogP contribution is -2.31. The fourth-order valence-corrected chi connectivity index (χ4v) is 1.91. The standard InChI is InChI=1S/C11H13N3O8/c15-3-1-12(2-4-16)10-8(13(19)20)5-7(11(17)18)6-9(10)14(21)22/h5-6,15-16H,1-4H2,(H,17,18). The minimum absolute atomic E-state index is 0.200. The van der Waals surface area contributed by atoms with Gasteiger partial charge in [0, 0.05) is 25.2 Å². The van der Waals surface area contributed by atoms with Crippen LogP contribution in [-0.4, -0.2) is 57.4 Å². The Morgan fingerprint density at radius 3 is 1.73 bits per heavy atom. The SMILES string of the molecule is O=C(O)c1cc([N+](=O)[O-])c(N(CCO)CCO)c([N+](=O)[O-])c1. The Labute approximate surface area is 123 Å². The molecule has 0 radical (unpaired) electrons. The van der Waals surface area contributed by atoms with E-state index >= 15 is 0 Å². The van der Waals surface area contributed by atoms with Gasteiger partial charge in [0.05, 0.1) is 28.6 Å². The van der Waals surface area contributed by atoms with Crippen molar-refractivity contribution >= 4 is 23.0 Å². The maximum absolute atomic E-state index is 11.1. The van der Waals surface area contributed by atoms with Gasteiger partial charge in [-0.3, -0.25) is 20.2 Å². The van der Waals surface area contributed by atoms with Crippen LogP contribution in [0.5, 0.6) is 0 Å². The second kappa shape index (κ2) is 7.28. The molecule has 0 bridgehead atoms. The van der Waals surface area contributed by atoms with E-state index in [1.54, 1.807) is 0 Å². The Morgan fingerprint density at radius 2 is 1.45 bits per heavy atom. The average molecular weight is 315 g/mol. The van der Waals surface area contributed by atoms with Crippen LogP contribution < -0.4 is 4.90 Å². The van der Waals surface area contributed by atoms with Crippen LogP contribution in [0.15, 0.2) is 12.1 Å². The van der Waals surface area contributed by atoms with Crippen molar-refractivity contribution in [1.29, 1.82) is 0 Å². The van der Waals surface area contributed by atoms with E-state index < -0.39 is 51.7 Å². The maximum Gasteiger partial charge on any atom is 0.336 e. The highest BCUT2D eigenvalue weighted by Gasteiger charge is 2.32. The van der Waals surface area contributed by atoms with Crippen molar-refractivity contribution in [1.82, 2.24) is 0 Å². The second-order valence-electron chi connectivity index (χ2n) is 4.12. The maximum atomic E-state index is 11.1.